The monoisotopic (exact) mass is 521 g/mol. The number of hydrogen-bond acceptors (Lipinski definition) is 6. The van der Waals surface area contributed by atoms with Gasteiger partial charge in [-0.2, -0.15) is 0 Å². The van der Waals surface area contributed by atoms with E-state index >= 15 is 0 Å². The highest BCUT2D eigenvalue weighted by Gasteiger charge is 2.32. The van der Waals surface area contributed by atoms with Gasteiger partial charge in [0.15, 0.2) is 5.82 Å². The number of quaternary nitrogens is 1. The molecule has 0 spiro atoms. The third-order valence-corrected chi connectivity index (χ3v) is 7.67. The number of aromatic nitrogens is 4. The minimum absolute atomic E-state index is 0.0179. The summed E-state index contributed by atoms with van der Waals surface area (Å²) in [5.74, 6) is 0.148. The van der Waals surface area contributed by atoms with E-state index in [-0.39, 0.29) is 23.6 Å². The van der Waals surface area contributed by atoms with Crippen LogP contribution in [-0.4, -0.2) is 67.5 Å². The molecule has 3 aromatic rings. The van der Waals surface area contributed by atoms with E-state index in [0.29, 0.717) is 42.8 Å². The summed E-state index contributed by atoms with van der Waals surface area (Å²) >= 11 is 0. The SMILES string of the molecule is NC=CC(=C[NH3+])CN1CCC(C(=O)N2CCC(n3c(=O)n(-c4cnccn4)c4cc(F)ccc43)CC2)CC1. The van der Waals surface area contributed by atoms with E-state index in [4.69, 9.17) is 5.73 Å². The largest absolute Gasteiger partial charge is 0.405 e. The Morgan fingerprint density at radius 2 is 1.87 bits per heavy atom. The average molecular weight is 522 g/mol. The Kier molecular flexibility index (Phi) is 7.66. The van der Waals surface area contributed by atoms with Crippen LogP contribution in [0.25, 0.3) is 16.9 Å². The van der Waals surface area contributed by atoms with Gasteiger partial charge in [0, 0.05) is 55.6 Å². The summed E-state index contributed by atoms with van der Waals surface area (Å²) in [6.07, 6.45) is 12.7. The Morgan fingerprint density at radius 3 is 2.53 bits per heavy atom. The number of nitrogens with two attached hydrogens (primary N) is 1. The van der Waals surface area contributed by atoms with E-state index in [1.54, 1.807) is 10.6 Å². The molecule has 1 aromatic carbocycles. The smallest absolute Gasteiger partial charge is 0.335 e. The second-order valence-electron chi connectivity index (χ2n) is 9.93. The minimum atomic E-state index is -0.423. The molecule has 2 aromatic heterocycles. The van der Waals surface area contributed by atoms with Gasteiger partial charge in [0.2, 0.25) is 5.91 Å². The van der Waals surface area contributed by atoms with Crippen molar-refractivity contribution in [2.45, 2.75) is 31.7 Å². The van der Waals surface area contributed by atoms with E-state index in [9.17, 15) is 14.0 Å². The van der Waals surface area contributed by atoms with Crippen LogP contribution in [0.15, 0.2) is 65.6 Å². The van der Waals surface area contributed by atoms with E-state index in [1.165, 1.54) is 41.5 Å². The number of likely N-dealkylation sites (tertiary alicyclic amines) is 2. The molecule has 0 aliphatic carbocycles. The second kappa shape index (κ2) is 11.3. The van der Waals surface area contributed by atoms with Crippen LogP contribution in [0.1, 0.15) is 31.7 Å². The summed E-state index contributed by atoms with van der Waals surface area (Å²) < 4.78 is 17.3. The van der Waals surface area contributed by atoms with Crippen LogP contribution in [-0.2, 0) is 4.79 Å². The maximum atomic E-state index is 14.2. The molecule has 0 bridgehead atoms. The number of halogens is 1. The van der Waals surface area contributed by atoms with Crippen LogP contribution < -0.4 is 17.2 Å². The fraction of sp³-hybridized carbons (Fsp3) is 0.407. The van der Waals surface area contributed by atoms with Gasteiger partial charge in [-0.05, 0) is 63.2 Å². The fourth-order valence-electron chi connectivity index (χ4n) is 5.68. The summed E-state index contributed by atoms with van der Waals surface area (Å²) in [5.41, 5.74) is 11.3. The molecule has 2 fully saturated rings. The third-order valence-electron chi connectivity index (χ3n) is 7.67. The summed E-state index contributed by atoms with van der Waals surface area (Å²) in [7, 11) is 0. The molecule has 11 heteroatoms. The molecule has 38 heavy (non-hydrogen) atoms. The van der Waals surface area contributed by atoms with Gasteiger partial charge in [-0.1, -0.05) is 0 Å². The Morgan fingerprint density at radius 1 is 1.11 bits per heavy atom. The zero-order valence-corrected chi connectivity index (χ0v) is 21.4. The van der Waals surface area contributed by atoms with Crippen molar-refractivity contribution in [3.05, 3.63) is 77.1 Å². The van der Waals surface area contributed by atoms with E-state index < -0.39 is 5.82 Å². The lowest BCUT2D eigenvalue weighted by atomic mass is 9.93. The number of benzene rings is 1. The normalized spacial score (nSPS) is 18.6. The summed E-state index contributed by atoms with van der Waals surface area (Å²) in [4.78, 5) is 39.5. The topological polar surface area (TPSA) is 130 Å². The predicted molar refractivity (Wildman–Crippen MR) is 141 cm³/mol. The zero-order chi connectivity index (χ0) is 26.6. The first-order valence-electron chi connectivity index (χ1n) is 13.1. The highest BCUT2D eigenvalue weighted by Crippen LogP contribution is 2.29. The lowest BCUT2D eigenvalue weighted by molar-refractivity contribution is -0.276. The van der Waals surface area contributed by atoms with Crippen molar-refractivity contribution >= 4 is 16.9 Å². The van der Waals surface area contributed by atoms with Gasteiger partial charge in [-0.25, -0.2) is 18.7 Å². The Bertz CT molecular complexity index is 1400. The molecule has 0 atom stereocenters. The molecule has 200 valence electrons. The molecule has 5 rings (SSSR count). The molecular weight excluding hydrogens is 487 g/mol. The molecular formula is C27H34FN8O2+. The molecule has 4 heterocycles. The van der Waals surface area contributed by atoms with Crippen molar-refractivity contribution < 1.29 is 14.9 Å². The standard InChI is InChI=1S/C27H33FN8O2/c28-21-1-2-23-24(15-21)36(25-17-31-9-10-32-25)27(38)35(23)22-6-13-34(14-7-22)26(37)20-4-11-33(12-5-20)18-19(16-30)3-8-29/h1-3,8-10,15-17,20,22H,4-7,11-14,18,29-30H2/p+1. The maximum Gasteiger partial charge on any atom is 0.335 e. The Balaban J connectivity index is 1.26. The van der Waals surface area contributed by atoms with Crippen LogP contribution >= 0.6 is 0 Å². The van der Waals surface area contributed by atoms with Gasteiger partial charge in [-0.3, -0.25) is 19.2 Å². The van der Waals surface area contributed by atoms with Gasteiger partial charge in [-0.15, -0.1) is 0 Å². The summed E-state index contributed by atoms with van der Waals surface area (Å²) in [5, 5.41) is 0. The van der Waals surface area contributed by atoms with E-state index in [2.05, 4.69) is 20.6 Å². The number of carbonyl (C=O) groups is 1. The van der Waals surface area contributed by atoms with Crippen LogP contribution in [0.2, 0.25) is 0 Å². The maximum absolute atomic E-state index is 14.2. The molecule has 5 N–H and O–H groups in total. The highest BCUT2D eigenvalue weighted by atomic mass is 19.1. The van der Waals surface area contributed by atoms with Crippen molar-refractivity contribution in [2.75, 3.05) is 32.7 Å². The first kappa shape index (κ1) is 25.8. The van der Waals surface area contributed by atoms with Crippen molar-refractivity contribution in [3.63, 3.8) is 0 Å². The predicted octanol–water partition coefficient (Wildman–Crippen LogP) is 1.19. The second-order valence-corrected chi connectivity index (χ2v) is 9.93. The van der Waals surface area contributed by atoms with Gasteiger partial charge < -0.3 is 16.4 Å². The molecule has 0 saturated carbocycles. The van der Waals surface area contributed by atoms with Crippen LogP contribution in [0.5, 0.6) is 0 Å². The minimum Gasteiger partial charge on any atom is -0.405 e. The summed E-state index contributed by atoms with van der Waals surface area (Å²) in [6.45, 7) is 3.67. The quantitative estimate of drug-likeness (QED) is 0.469. The van der Waals surface area contributed by atoms with Crippen molar-refractivity contribution in [3.8, 4) is 5.82 Å². The molecule has 10 nitrogen and oxygen atoms in total. The number of nitrogens with zero attached hydrogens (tertiary/aromatic N) is 6. The van der Waals surface area contributed by atoms with Crippen molar-refractivity contribution in [1.82, 2.24) is 28.9 Å². The molecule has 2 aliphatic rings. The zero-order valence-electron chi connectivity index (χ0n) is 21.4. The number of fused-ring (bicyclic) bond motifs is 1. The average Bonchev–Trinajstić information content (AvgIpc) is 3.24. The number of piperidine rings is 2. The fourth-order valence-corrected chi connectivity index (χ4v) is 5.68. The lowest BCUT2D eigenvalue weighted by Gasteiger charge is -2.37. The van der Waals surface area contributed by atoms with Crippen LogP contribution in [0, 0.1) is 11.7 Å². The van der Waals surface area contributed by atoms with Gasteiger partial charge in [0.1, 0.15) is 5.82 Å². The number of hydrogen-bond donors (Lipinski definition) is 2. The number of rotatable bonds is 6. The first-order valence-corrected chi connectivity index (χ1v) is 13.1. The Labute approximate surface area is 220 Å². The first-order chi connectivity index (χ1) is 18.5. The number of carbonyl (C=O) groups excluding carboxylic acids is 1. The van der Waals surface area contributed by atoms with Crippen LogP contribution in [0.3, 0.4) is 0 Å². The molecule has 0 unspecified atom stereocenters. The van der Waals surface area contributed by atoms with Crippen molar-refractivity contribution in [2.24, 2.45) is 11.7 Å². The molecule has 2 aliphatic heterocycles. The molecule has 1 amide bonds. The third kappa shape index (κ3) is 5.11. The summed E-state index contributed by atoms with van der Waals surface area (Å²) in [6, 6.07) is 4.27. The van der Waals surface area contributed by atoms with Gasteiger partial charge in [0.25, 0.3) is 0 Å². The highest BCUT2D eigenvalue weighted by molar-refractivity contribution is 5.79. The van der Waals surface area contributed by atoms with Gasteiger partial charge in [0.05, 0.1) is 23.4 Å². The number of imidazole rings is 1. The Hall–Kier alpha value is -3.83. The molecule has 2 saturated heterocycles. The van der Waals surface area contributed by atoms with E-state index in [0.717, 1.165) is 38.0 Å². The molecule has 0 radical (unpaired) electrons. The van der Waals surface area contributed by atoms with Crippen molar-refractivity contribution in [1.29, 1.82) is 0 Å². The lowest BCUT2D eigenvalue weighted by Crippen LogP contribution is -2.47. The van der Waals surface area contributed by atoms with Gasteiger partial charge >= 0.3 is 5.69 Å². The number of amides is 1. The van der Waals surface area contributed by atoms with Crippen LogP contribution in [0.4, 0.5) is 4.39 Å². The van der Waals surface area contributed by atoms with E-state index in [1.807, 2.05) is 17.2 Å².